The van der Waals surface area contributed by atoms with Crippen molar-refractivity contribution in [3.8, 4) is 11.8 Å². The third kappa shape index (κ3) is 6.12. The summed E-state index contributed by atoms with van der Waals surface area (Å²) >= 11 is 0. The van der Waals surface area contributed by atoms with Gasteiger partial charge in [0, 0.05) is 36.3 Å². The van der Waals surface area contributed by atoms with Crippen LogP contribution in [0.5, 0.6) is 0 Å². The third-order valence-corrected chi connectivity index (χ3v) is 7.28. The van der Waals surface area contributed by atoms with Crippen LogP contribution < -0.4 is 5.32 Å². The number of aliphatic hydroxyl groups is 1. The number of alkyl halides is 3. The summed E-state index contributed by atoms with van der Waals surface area (Å²) in [6, 6.07) is 10.2. The quantitative estimate of drug-likeness (QED) is 0.515. The molecule has 2 unspecified atom stereocenters. The zero-order valence-electron chi connectivity index (χ0n) is 22.6. The van der Waals surface area contributed by atoms with Crippen molar-refractivity contribution in [1.82, 2.24) is 15.1 Å². The van der Waals surface area contributed by atoms with E-state index in [1.54, 1.807) is 16.7 Å². The molecule has 39 heavy (non-hydrogen) atoms. The molecular formula is C30H33F3N4O2. The Kier molecular flexibility index (Phi) is 8.36. The molecule has 2 aromatic carbocycles. The highest BCUT2D eigenvalue weighted by molar-refractivity contribution is 5.95. The zero-order valence-corrected chi connectivity index (χ0v) is 22.6. The predicted octanol–water partition coefficient (Wildman–Crippen LogP) is 5.18. The van der Waals surface area contributed by atoms with E-state index in [1.807, 2.05) is 39.0 Å². The van der Waals surface area contributed by atoms with Crippen LogP contribution in [-0.4, -0.2) is 52.6 Å². The summed E-state index contributed by atoms with van der Waals surface area (Å²) in [6.07, 6.45) is -4.41. The lowest BCUT2D eigenvalue weighted by molar-refractivity contribution is -0.137. The molecule has 0 aromatic heterocycles. The van der Waals surface area contributed by atoms with E-state index in [1.165, 1.54) is 12.1 Å². The maximum absolute atomic E-state index is 13.3. The first-order chi connectivity index (χ1) is 18.5. The second-order valence-corrected chi connectivity index (χ2v) is 9.83. The highest BCUT2D eigenvalue weighted by atomic mass is 19.4. The molecule has 0 aliphatic carbocycles. The fraction of sp³-hybridized carbons (Fsp3) is 0.400. The number of carbonyl (C=O) groups excluding carboxylic acids is 1. The number of rotatable bonds is 5. The number of amides is 1. The highest BCUT2D eigenvalue weighted by Gasteiger charge is 2.36. The summed E-state index contributed by atoms with van der Waals surface area (Å²) < 4.78 is 39.1. The number of carbonyl (C=O) groups is 1. The standard InChI is InChI=1S/C30H33F3N4O2/c1-5-7-15-37-28(39)24-18-36(27(38)22-9-8-19(3)20(4)17-22)16-14-26(24)35-29(37)34-25(6-2)21-10-12-23(13-11-21)30(31,32)33/h8-13,17,25,28,39H,6,14-16,18H2,1-4H3,(H,34,35). The number of aryl methyl sites for hydroxylation is 2. The minimum Gasteiger partial charge on any atom is -0.369 e. The Morgan fingerprint density at radius 3 is 2.51 bits per heavy atom. The Balaban J connectivity index is 1.61. The van der Waals surface area contributed by atoms with E-state index in [4.69, 9.17) is 4.99 Å². The Morgan fingerprint density at radius 1 is 1.18 bits per heavy atom. The minimum atomic E-state index is -4.41. The van der Waals surface area contributed by atoms with E-state index in [0.29, 0.717) is 42.0 Å². The molecule has 2 atom stereocenters. The molecule has 0 saturated carbocycles. The van der Waals surface area contributed by atoms with Crippen molar-refractivity contribution in [3.63, 3.8) is 0 Å². The van der Waals surface area contributed by atoms with Crippen molar-refractivity contribution < 1.29 is 23.1 Å². The maximum Gasteiger partial charge on any atom is 0.416 e. The van der Waals surface area contributed by atoms with Crippen LogP contribution in [0.1, 0.15) is 65.3 Å². The van der Waals surface area contributed by atoms with Crippen LogP contribution in [0.25, 0.3) is 0 Å². The largest absolute Gasteiger partial charge is 0.416 e. The van der Waals surface area contributed by atoms with E-state index in [2.05, 4.69) is 17.2 Å². The van der Waals surface area contributed by atoms with Gasteiger partial charge in [-0.05, 0) is 68.1 Å². The van der Waals surface area contributed by atoms with Gasteiger partial charge in [0.05, 0.1) is 18.2 Å². The van der Waals surface area contributed by atoms with Crippen LogP contribution in [0.3, 0.4) is 0 Å². The topological polar surface area (TPSA) is 68.2 Å². The third-order valence-electron chi connectivity index (χ3n) is 7.28. The molecule has 2 heterocycles. The van der Waals surface area contributed by atoms with Crippen LogP contribution in [0.4, 0.5) is 13.2 Å². The number of nitrogens with one attached hydrogen (secondary N) is 1. The van der Waals surface area contributed by atoms with Crippen molar-refractivity contribution >= 4 is 11.9 Å². The van der Waals surface area contributed by atoms with Gasteiger partial charge in [-0.1, -0.05) is 31.0 Å². The second-order valence-electron chi connectivity index (χ2n) is 9.83. The fourth-order valence-corrected chi connectivity index (χ4v) is 4.78. The van der Waals surface area contributed by atoms with Crippen molar-refractivity contribution in [3.05, 3.63) is 81.6 Å². The van der Waals surface area contributed by atoms with Gasteiger partial charge in [0.1, 0.15) is 0 Å². The second kappa shape index (κ2) is 11.5. The highest BCUT2D eigenvalue weighted by Crippen LogP contribution is 2.32. The molecular weight excluding hydrogens is 505 g/mol. The van der Waals surface area contributed by atoms with Gasteiger partial charge in [-0.25, -0.2) is 4.99 Å². The normalized spacial score (nSPS) is 19.3. The first-order valence-electron chi connectivity index (χ1n) is 13.0. The molecule has 6 nitrogen and oxygen atoms in total. The van der Waals surface area contributed by atoms with Gasteiger partial charge in [-0.3, -0.25) is 4.79 Å². The lowest BCUT2D eigenvalue weighted by Gasteiger charge is -2.42. The number of aliphatic hydroxyl groups excluding tert-OH is 1. The molecule has 0 radical (unpaired) electrons. The van der Waals surface area contributed by atoms with Crippen molar-refractivity contribution in [2.75, 3.05) is 19.6 Å². The minimum absolute atomic E-state index is 0.0930. The summed E-state index contributed by atoms with van der Waals surface area (Å²) in [6.45, 7) is 8.50. The monoisotopic (exact) mass is 538 g/mol. The van der Waals surface area contributed by atoms with Crippen LogP contribution in [0.15, 0.2) is 58.7 Å². The Morgan fingerprint density at radius 2 is 1.90 bits per heavy atom. The summed E-state index contributed by atoms with van der Waals surface area (Å²) in [5, 5.41) is 14.8. The molecule has 0 fully saturated rings. The number of nitrogens with zero attached hydrogens (tertiary/aromatic N) is 3. The summed E-state index contributed by atoms with van der Waals surface area (Å²) in [7, 11) is 0. The molecule has 4 rings (SSSR count). The molecule has 0 saturated heterocycles. The van der Waals surface area contributed by atoms with E-state index in [9.17, 15) is 23.1 Å². The lowest BCUT2D eigenvalue weighted by atomic mass is 9.99. The first-order valence-corrected chi connectivity index (χ1v) is 13.0. The van der Waals surface area contributed by atoms with Crippen LogP contribution >= 0.6 is 0 Å². The van der Waals surface area contributed by atoms with E-state index in [0.717, 1.165) is 29.0 Å². The van der Waals surface area contributed by atoms with Crippen LogP contribution in [0, 0.1) is 25.7 Å². The number of halogens is 3. The van der Waals surface area contributed by atoms with Gasteiger partial charge in [0.2, 0.25) is 5.96 Å². The van der Waals surface area contributed by atoms with E-state index >= 15 is 0 Å². The fourth-order valence-electron chi connectivity index (χ4n) is 4.78. The molecule has 2 aliphatic heterocycles. The van der Waals surface area contributed by atoms with Gasteiger partial charge in [-0.2, -0.15) is 13.2 Å². The Labute approximate surface area is 227 Å². The smallest absolute Gasteiger partial charge is 0.369 e. The van der Waals surface area contributed by atoms with Crippen molar-refractivity contribution in [1.29, 1.82) is 0 Å². The van der Waals surface area contributed by atoms with Crippen LogP contribution in [0.2, 0.25) is 0 Å². The van der Waals surface area contributed by atoms with E-state index < -0.39 is 24.0 Å². The molecule has 2 aromatic rings. The van der Waals surface area contributed by atoms with Gasteiger partial charge >= 0.3 is 6.18 Å². The average Bonchev–Trinajstić information content (AvgIpc) is 2.92. The van der Waals surface area contributed by atoms with Crippen molar-refractivity contribution in [2.24, 2.45) is 4.99 Å². The van der Waals surface area contributed by atoms with Crippen molar-refractivity contribution in [2.45, 2.75) is 59.0 Å². The zero-order chi connectivity index (χ0) is 28.3. The Bertz CT molecular complexity index is 1350. The summed E-state index contributed by atoms with van der Waals surface area (Å²) in [5.74, 6) is 6.11. The predicted molar refractivity (Wildman–Crippen MR) is 145 cm³/mol. The molecule has 2 aliphatic rings. The average molecular weight is 539 g/mol. The summed E-state index contributed by atoms with van der Waals surface area (Å²) in [5.41, 5.74) is 4.18. The number of hydrogen-bond acceptors (Lipinski definition) is 3. The van der Waals surface area contributed by atoms with E-state index in [-0.39, 0.29) is 19.0 Å². The molecule has 1 amide bonds. The summed E-state index contributed by atoms with van der Waals surface area (Å²) in [4.78, 5) is 21.4. The maximum atomic E-state index is 13.3. The van der Waals surface area contributed by atoms with Gasteiger partial charge in [0.15, 0.2) is 6.23 Å². The molecule has 0 bridgehead atoms. The lowest BCUT2D eigenvalue weighted by Crippen LogP contribution is -2.56. The number of hydrogen-bond donors (Lipinski definition) is 2. The molecule has 9 heteroatoms. The molecule has 206 valence electrons. The SMILES string of the molecule is CC#CCN1C(=NC(CC)c2ccc(C(F)(F)F)cc2)NC2=C(CN(C(=O)c3ccc(C)c(C)c3)CC2)C1O. The van der Waals surface area contributed by atoms with Gasteiger partial charge < -0.3 is 20.2 Å². The number of guanidine groups is 1. The Hall–Kier alpha value is -3.77. The van der Waals surface area contributed by atoms with Crippen LogP contribution in [-0.2, 0) is 6.18 Å². The number of benzene rings is 2. The van der Waals surface area contributed by atoms with Gasteiger partial charge in [-0.15, -0.1) is 5.92 Å². The number of aliphatic imine (C=N–C) groups is 1. The molecule has 0 spiro atoms. The first kappa shape index (κ1) is 28.2. The molecule has 2 N–H and O–H groups in total. The van der Waals surface area contributed by atoms with Gasteiger partial charge in [0.25, 0.3) is 5.91 Å².